The third kappa shape index (κ3) is 7.47. The number of hydrogen-bond acceptors (Lipinski definition) is 4. The van der Waals surface area contributed by atoms with Crippen LogP contribution in [0.25, 0.3) is 33.4 Å². The number of Topliss-reactive ketones (excluding diaryl/α,β-unsaturated/α-hetero) is 2. The normalized spacial score (nSPS) is 10.1. The van der Waals surface area contributed by atoms with E-state index in [1.807, 2.05) is 48.8 Å². The van der Waals surface area contributed by atoms with Crippen molar-refractivity contribution in [1.82, 2.24) is 19.1 Å². The van der Waals surface area contributed by atoms with E-state index >= 15 is 0 Å². The second kappa shape index (κ2) is 14.3. The number of para-hydroxylation sites is 2. The van der Waals surface area contributed by atoms with Crippen molar-refractivity contribution in [3.05, 3.63) is 121 Å². The smallest absolute Gasteiger partial charge is 0.137 e. The molecule has 0 amide bonds. The molecule has 0 atom stereocenters. The van der Waals surface area contributed by atoms with E-state index in [1.165, 1.54) is 47.0 Å². The summed E-state index contributed by atoms with van der Waals surface area (Å²) < 4.78 is 4.35. The molecule has 6 nitrogen and oxygen atoms in total. The number of carbonyl (C=O) groups is 2. The van der Waals surface area contributed by atoms with Gasteiger partial charge in [-0.05, 0) is 76.2 Å². The zero-order valence-corrected chi connectivity index (χ0v) is 25.4. The summed E-state index contributed by atoms with van der Waals surface area (Å²) >= 11 is 0. The predicted molar refractivity (Wildman–Crippen MR) is 158 cm³/mol. The molecule has 40 heavy (non-hydrogen) atoms. The van der Waals surface area contributed by atoms with Gasteiger partial charge in [-0.25, -0.2) is 9.97 Å². The first-order chi connectivity index (χ1) is 18.8. The Morgan fingerprint density at radius 3 is 1.30 bits per heavy atom. The van der Waals surface area contributed by atoms with Crippen molar-refractivity contribution in [3.8, 4) is 11.6 Å². The van der Waals surface area contributed by atoms with Crippen LogP contribution in [0, 0.1) is 13.8 Å². The van der Waals surface area contributed by atoms with E-state index in [1.54, 1.807) is 0 Å². The Labute approximate surface area is 248 Å². The van der Waals surface area contributed by atoms with Gasteiger partial charge in [0.1, 0.15) is 23.2 Å². The largest absolute Gasteiger partial charge is 0.300 e. The maximum Gasteiger partial charge on any atom is 0.137 e. The predicted octanol–water partition coefficient (Wildman–Crippen LogP) is 7.22. The number of carbonyl (C=O) groups excluding carboxylic acids is 2. The molecule has 0 bridgehead atoms. The molecule has 6 rings (SSSR count). The van der Waals surface area contributed by atoms with Crippen molar-refractivity contribution in [1.29, 1.82) is 0 Å². The zero-order chi connectivity index (χ0) is 27.8. The molecule has 0 aliphatic rings. The summed E-state index contributed by atoms with van der Waals surface area (Å²) in [6.07, 6.45) is 3.73. The molecular weight excluding hydrogens is 677 g/mol. The molecule has 0 N–H and O–H groups in total. The second-order valence-corrected chi connectivity index (χ2v) is 9.32. The summed E-state index contributed by atoms with van der Waals surface area (Å²) in [7, 11) is 0. The van der Waals surface area contributed by atoms with Crippen LogP contribution in [0.4, 0.5) is 0 Å². The Morgan fingerprint density at radius 1 is 0.600 bits per heavy atom. The molecule has 4 aromatic heterocycles. The van der Waals surface area contributed by atoms with Crippen molar-refractivity contribution < 1.29 is 29.7 Å². The van der Waals surface area contributed by atoms with E-state index in [-0.39, 0.29) is 38.1 Å². The van der Waals surface area contributed by atoms with Crippen LogP contribution < -0.4 is 0 Å². The minimum absolute atomic E-state index is 0. The van der Waals surface area contributed by atoms with Gasteiger partial charge in [0.15, 0.2) is 0 Å². The summed E-state index contributed by atoms with van der Waals surface area (Å²) in [5, 5.41) is 2.51. The van der Waals surface area contributed by atoms with Gasteiger partial charge in [-0.3, -0.25) is 18.7 Å². The van der Waals surface area contributed by atoms with Crippen LogP contribution in [-0.4, -0.2) is 30.7 Å². The number of fused-ring (bicyclic) bond motifs is 2. The number of nitrogens with zero attached hydrogens (tertiary/aromatic N) is 4. The number of benzene rings is 2. The molecule has 0 spiro atoms. The summed E-state index contributed by atoms with van der Waals surface area (Å²) in [6, 6.07) is 33.0. The van der Waals surface area contributed by atoms with Gasteiger partial charge in [-0.15, -0.1) is 0 Å². The van der Waals surface area contributed by atoms with Gasteiger partial charge in [-0.2, -0.15) is 0 Å². The minimum atomic E-state index is -0.0625. The van der Waals surface area contributed by atoms with Gasteiger partial charge >= 0.3 is 0 Å². The van der Waals surface area contributed by atoms with E-state index in [0.717, 1.165) is 11.6 Å². The Hall–Kier alpha value is -4.19. The van der Waals surface area contributed by atoms with E-state index < -0.39 is 0 Å². The maximum atomic E-state index is 10.0. The van der Waals surface area contributed by atoms with Crippen LogP contribution in [-0.2, 0) is 29.7 Å². The van der Waals surface area contributed by atoms with Gasteiger partial charge in [0.05, 0.1) is 17.5 Å². The van der Waals surface area contributed by atoms with Crippen LogP contribution in [0.2, 0.25) is 0 Å². The molecule has 0 saturated heterocycles. The standard InChI is InChI=1S/2C14H12N2.C5H8O2.Ir/c2*1-11-10-12-6-2-3-7-13(12)16(11)14-8-4-5-9-15-14;1-4(6)3-5(2)7;/h2*2-10H,1H3;3H2,1-2H3;. The fourth-order valence-electron chi connectivity index (χ4n) is 4.52. The maximum absolute atomic E-state index is 10.0. The zero-order valence-electron chi connectivity index (χ0n) is 23.0. The van der Waals surface area contributed by atoms with Gasteiger partial charge in [-0.1, -0.05) is 48.5 Å². The number of pyridine rings is 2. The van der Waals surface area contributed by atoms with E-state index in [0.29, 0.717) is 0 Å². The number of aryl methyl sites for hydroxylation is 2. The monoisotopic (exact) mass is 709 g/mol. The van der Waals surface area contributed by atoms with Crippen LogP contribution in [0.1, 0.15) is 31.7 Å². The van der Waals surface area contributed by atoms with Gasteiger partial charge in [0.25, 0.3) is 0 Å². The third-order valence-electron chi connectivity index (χ3n) is 6.04. The van der Waals surface area contributed by atoms with Crippen molar-refractivity contribution in [3.63, 3.8) is 0 Å². The second-order valence-electron chi connectivity index (χ2n) is 9.32. The molecule has 6 aromatic rings. The Bertz CT molecular complexity index is 1580. The molecule has 1 radical (unpaired) electrons. The molecule has 4 heterocycles. The molecule has 0 aliphatic carbocycles. The number of rotatable bonds is 4. The first kappa shape index (κ1) is 30.4. The Kier molecular flexibility index (Phi) is 10.8. The van der Waals surface area contributed by atoms with Gasteiger partial charge < -0.3 is 0 Å². The molecule has 2 aromatic carbocycles. The van der Waals surface area contributed by atoms with Crippen molar-refractivity contribution in [2.45, 2.75) is 34.1 Å². The van der Waals surface area contributed by atoms with Crippen molar-refractivity contribution >= 4 is 33.4 Å². The molecule has 0 saturated carbocycles. The van der Waals surface area contributed by atoms with E-state index in [4.69, 9.17) is 0 Å². The Morgan fingerprint density at radius 2 is 0.975 bits per heavy atom. The molecular formula is C33H32IrN4O2. The number of ketones is 2. The molecule has 7 heteroatoms. The van der Waals surface area contributed by atoms with Crippen LogP contribution in [0.15, 0.2) is 109 Å². The van der Waals surface area contributed by atoms with E-state index in [2.05, 4.69) is 93.6 Å². The molecule has 0 unspecified atom stereocenters. The third-order valence-corrected chi connectivity index (χ3v) is 6.04. The fourth-order valence-corrected chi connectivity index (χ4v) is 4.52. The number of aromatic nitrogens is 4. The summed E-state index contributed by atoms with van der Waals surface area (Å²) in [5.74, 6) is 1.82. The van der Waals surface area contributed by atoms with Crippen LogP contribution >= 0.6 is 0 Å². The average Bonchev–Trinajstić information content (AvgIpc) is 3.44. The summed E-state index contributed by atoms with van der Waals surface area (Å²) in [5.41, 5.74) is 4.83. The first-order valence-electron chi connectivity index (χ1n) is 12.8. The summed E-state index contributed by atoms with van der Waals surface area (Å²) in [4.78, 5) is 28.9. The first-order valence-corrected chi connectivity index (χ1v) is 12.8. The van der Waals surface area contributed by atoms with Crippen LogP contribution in [0.3, 0.4) is 0 Å². The molecule has 205 valence electrons. The van der Waals surface area contributed by atoms with Crippen molar-refractivity contribution in [2.75, 3.05) is 0 Å². The summed E-state index contributed by atoms with van der Waals surface area (Å²) in [6.45, 7) is 7.02. The van der Waals surface area contributed by atoms with Crippen molar-refractivity contribution in [2.24, 2.45) is 0 Å². The number of hydrogen-bond donors (Lipinski definition) is 0. The van der Waals surface area contributed by atoms with E-state index in [9.17, 15) is 9.59 Å². The average molecular weight is 709 g/mol. The van der Waals surface area contributed by atoms with Gasteiger partial charge in [0.2, 0.25) is 0 Å². The topological polar surface area (TPSA) is 69.8 Å². The molecule has 0 fully saturated rings. The van der Waals surface area contributed by atoms with Crippen LogP contribution in [0.5, 0.6) is 0 Å². The Balaban J connectivity index is 0.000000177. The van der Waals surface area contributed by atoms with Gasteiger partial charge in [0, 0.05) is 54.7 Å². The fraction of sp³-hybridized carbons (Fsp3) is 0.152. The quantitative estimate of drug-likeness (QED) is 0.182. The minimum Gasteiger partial charge on any atom is -0.300 e. The molecule has 0 aliphatic heterocycles. The SMILES string of the molecule is CC(=O)CC(C)=O.Cc1cc2ccccc2n1-c1ccccn1.Cc1cc2ccccc2n1-c1ccccn1.[Ir].